The van der Waals surface area contributed by atoms with Crippen LogP contribution in [0.2, 0.25) is 0 Å². The number of hydrogen-bond donors (Lipinski definition) is 2. The summed E-state index contributed by atoms with van der Waals surface area (Å²) in [6.45, 7) is 3.08. The highest BCUT2D eigenvalue weighted by atomic mass is 16.2. The summed E-state index contributed by atoms with van der Waals surface area (Å²) in [5.74, 6) is 0.212. The lowest BCUT2D eigenvalue weighted by atomic mass is 9.92. The van der Waals surface area contributed by atoms with Crippen molar-refractivity contribution >= 4 is 11.8 Å². The van der Waals surface area contributed by atoms with Gasteiger partial charge in [-0.2, -0.15) is 0 Å². The SMILES string of the molecule is CNC(=O)CN(C)C(=O)C1NCCCC1C. The first-order valence-corrected chi connectivity index (χ1v) is 5.75. The molecule has 0 aromatic rings. The number of piperidine rings is 1. The molecule has 1 saturated heterocycles. The van der Waals surface area contributed by atoms with E-state index >= 15 is 0 Å². The summed E-state index contributed by atoms with van der Waals surface area (Å²) >= 11 is 0. The molecule has 0 aromatic heterocycles. The van der Waals surface area contributed by atoms with Gasteiger partial charge < -0.3 is 15.5 Å². The minimum Gasteiger partial charge on any atom is -0.358 e. The predicted octanol–water partition coefficient (Wildman–Crippen LogP) is -0.421. The number of amides is 2. The highest BCUT2D eigenvalue weighted by Gasteiger charge is 2.29. The molecule has 5 nitrogen and oxygen atoms in total. The van der Waals surface area contributed by atoms with Gasteiger partial charge in [-0.25, -0.2) is 0 Å². The van der Waals surface area contributed by atoms with E-state index in [2.05, 4.69) is 17.6 Å². The summed E-state index contributed by atoms with van der Waals surface area (Å²) in [7, 11) is 3.24. The number of likely N-dealkylation sites (N-methyl/N-ethyl adjacent to an activating group) is 2. The van der Waals surface area contributed by atoms with Crippen LogP contribution >= 0.6 is 0 Å². The minimum atomic E-state index is -0.140. The van der Waals surface area contributed by atoms with Crippen molar-refractivity contribution in [1.82, 2.24) is 15.5 Å². The molecule has 2 N–H and O–H groups in total. The van der Waals surface area contributed by atoms with Crippen LogP contribution in [0.25, 0.3) is 0 Å². The average Bonchev–Trinajstić information content (AvgIpc) is 2.28. The van der Waals surface area contributed by atoms with E-state index in [0.29, 0.717) is 5.92 Å². The van der Waals surface area contributed by atoms with Crippen LogP contribution in [0, 0.1) is 5.92 Å². The maximum Gasteiger partial charge on any atom is 0.240 e. The van der Waals surface area contributed by atoms with Crippen molar-refractivity contribution in [3.05, 3.63) is 0 Å². The van der Waals surface area contributed by atoms with Gasteiger partial charge in [0, 0.05) is 14.1 Å². The van der Waals surface area contributed by atoms with Crippen molar-refractivity contribution in [3.8, 4) is 0 Å². The molecule has 0 bridgehead atoms. The average molecular weight is 227 g/mol. The second kappa shape index (κ2) is 5.84. The smallest absolute Gasteiger partial charge is 0.240 e. The topological polar surface area (TPSA) is 61.4 Å². The van der Waals surface area contributed by atoms with Gasteiger partial charge in [0.1, 0.15) is 0 Å². The molecule has 5 heteroatoms. The molecule has 16 heavy (non-hydrogen) atoms. The van der Waals surface area contributed by atoms with E-state index < -0.39 is 0 Å². The molecule has 0 saturated carbocycles. The number of rotatable bonds is 3. The molecule has 1 fully saturated rings. The third-order valence-electron chi connectivity index (χ3n) is 3.07. The fourth-order valence-corrected chi connectivity index (χ4v) is 1.99. The lowest BCUT2D eigenvalue weighted by Gasteiger charge is -2.31. The van der Waals surface area contributed by atoms with Gasteiger partial charge in [0.15, 0.2) is 0 Å². The largest absolute Gasteiger partial charge is 0.358 e. The molecule has 0 aromatic carbocycles. The Kier molecular flexibility index (Phi) is 4.73. The molecular formula is C11H21N3O2. The molecule has 1 aliphatic rings. The van der Waals surface area contributed by atoms with Crippen molar-refractivity contribution in [1.29, 1.82) is 0 Å². The lowest BCUT2D eigenvalue weighted by molar-refractivity contribution is -0.137. The maximum atomic E-state index is 12.0. The molecule has 1 rings (SSSR count). The van der Waals surface area contributed by atoms with Crippen LogP contribution < -0.4 is 10.6 Å². The molecule has 0 spiro atoms. The third-order valence-corrected chi connectivity index (χ3v) is 3.07. The summed E-state index contributed by atoms with van der Waals surface area (Å²) in [4.78, 5) is 24.7. The van der Waals surface area contributed by atoms with Gasteiger partial charge in [-0.05, 0) is 25.3 Å². The first-order valence-electron chi connectivity index (χ1n) is 5.75. The second-order valence-electron chi connectivity index (χ2n) is 4.42. The van der Waals surface area contributed by atoms with Crippen LogP contribution in [0.4, 0.5) is 0 Å². The Hall–Kier alpha value is -1.10. The summed E-state index contributed by atoms with van der Waals surface area (Å²) < 4.78 is 0. The highest BCUT2D eigenvalue weighted by molar-refractivity contribution is 5.87. The van der Waals surface area contributed by atoms with Crippen molar-refractivity contribution < 1.29 is 9.59 Å². The van der Waals surface area contributed by atoms with Gasteiger partial charge in [0.05, 0.1) is 12.6 Å². The zero-order chi connectivity index (χ0) is 12.1. The van der Waals surface area contributed by atoms with E-state index in [1.165, 1.54) is 4.90 Å². The van der Waals surface area contributed by atoms with E-state index in [4.69, 9.17) is 0 Å². The zero-order valence-corrected chi connectivity index (χ0v) is 10.2. The van der Waals surface area contributed by atoms with Crippen molar-refractivity contribution in [2.45, 2.75) is 25.8 Å². The monoisotopic (exact) mass is 227 g/mol. The number of carbonyl (C=O) groups excluding carboxylic acids is 2. The first-order chi connectivity index (χ1) is 7.56. The second-order valence-corrected chi connectivity index (χ2v) is 4.42. The summed E-state index contributed by atoms with van der Waals surface area (Å²) in [5, 5.41) is 5.73. The van der Waals surface area contributed by atoms with Crippen molar-refractivity contribution in [3.63, 3.8) is 0 Å². The fourth-order valence-electron chi connectivity index (χ4n) is 1.99. The Morgan fingerprint density at radius 2 is 2.19 bits per heavy atom. The molecule has 1 heterocycles. The van der Waals surface area contributed by atoms with Gasteiger partial charge in [0.25, 0.3) is 0 Å². The summed E-state index contributed by atoms with van der Waals surface area (Å²) in [6, 6.07) is -0.136. The predicted molar refractivity (Wildman–Crippen MR) is 61.9 cm³/mol. The quantitative estimate of drug-likeness (QED) is 0.688. The molecule has 92 valence electrons. The van der Waals surface area contributed by atoms with Gasteiger partial charge in [-0.1, -0.05) is 6.92 Å². The molecule has 1 aliphatic heterocycles. The van der Waals surface area contributed by atoms with E-state index in [9.17, 15) is 9.59 Å². The van der Waals surface area contributed by atoms with Gasteiger partial charge >= 0.3 is 0 Å². The molecular weight excluding hydrogens is 206 g/mol. The van der Waals surface area contributed by atoms with E-state index in [-0.39, 0.29) is 24.4 Å². The minimum absolute atomic E-state index is 0.0100. The van der Waals surface area contributed by atoms with Crippen LogP contribution in [-0.4, -0.2) is 49.9 Å². The van der Waals surface area contributed by atoms with E-state index in [0.717, 1.165) is 19.4 Å². The van der Waals surface area contributed by atoms with Gasteiger partial charge in [-0.3, -0.25) is 9.59 Å². The Morgan fingerprint density at radius 3 is 2.75 bits per heavy atom. The highest BCUT2D eigenvalue weighted by Crippen LogP contribution is 2.16. The summed E-state index contributed by atoms with van der Waals surface area (Å²) in [6.07, 6.45) is 2.18. The van der Waals surface area contributed by atoms with E-state index in [1.54, 1.807) is 14.1 Å². The maximum absolute atomic E-state index is 12.0. The molecule has 2 amide bonds. The zero-order valence-electron chi connectivity index (χ0n) is 10.2. The third kappa shape index (κ3) is 3.20. The van der Waals surface area contributed by atoms with E-state index in [1.807, 2.05) is 0 Å². The van der Waals surface area contributed by atoms with Gasteiger partial charge in [-0.15, -0.1) is 0 Å². The van der Waals surface area contributed by atoms with Gasteiger partial charge in [0.2, 0.25) is 11.8 Å². The number of nitrogens with zero attached hydrogens (tertiary/aromatic N) is 1. The number of carbonyl (C=O) groups is 2. The van der Waals surface area contributed by atoms with Crippen LogP contribution in [-0.2, 0) is 9.59 Å². The molecule has 2 atom stereocenters. The van der Waals surface area contributed by atoms with Crippen LogP contribution in [0.15, 0.2) is 0 Å². The Balaban J connectivity index is 2.51. The number of nitrogens with one attached hydrogen (secondary N) is 2. The number of hydrogen-bond acceptors (Lipinski definition) is 3. The standard InChI is InChI=1S/C11H21N3O2/c1-8-5-4-6-13-10(8)11(16)14(3)7-9(15)12-2/h8,10,13H,4-7H2,1-3H3,(H,12,15). The normalized spacial score (nSPS) is 24.9. The Morgan fingerprint density at radius 1 is 1.50 bits per heavy atom. The lowest BCUT2D eigenvalue weighted by Crippen LogP contribution is -2.52. The molecule has 0 aliphatic carbocycles. The van der Waals surface area contributed by atoms with Crippen LogP contribution in [0.1, 0.15) is 19.8 Å². The van der Waals surface area contributed by atoms with Crippen LogP contribution in [0.5, 0.6) is 0 Å². The Labute approximate surface area is 96.6 Å². The summed E-state index contributed by atoms with van der Waals surface area (Å²) in [5.41, 5.74) is 0. The molecule has 2 unspecified atom stereocenters. The van der Waals surface area contributed by atoms with Crippen LogP contribution in [0.3, 0.4) is 0 Å². The van der Waals surface area contributed by atoms with Crippen molar-refractivity contribution in [2.24, 2.45) is 5.92 Å². The Bertz CT molecular complexity index is 268. The fraction of sp³-hybridized carbons (Fsp3) is 0.818. The molecule has 0 radical (unpaired) electrons. The first kappa shape index (κ1) is 13.0. The van der Waals surface area contributed by atoms with Crippen molar-refractivity contribution in [2.75, 3.05) is 27.2 Å².